The molecular formula is C13H19NO2. The van der Waals surface area contributed by atoms with Gasteiger partial charge in [0.05, 0.1) is 25.4 Å². The Labute approximate surface area is 96.8 Å². The van der Waals surface area contributed by atoms with Crippen LogP contribution >= 0.6 is 0 Å². The number of benzene rings is 1. The van der Waals surface area contributed by atoms with Crippen molar-refractivity contribution in [2.45, 2.75) is 25.2 Å². The van der Waals surface area contributed by atoms with Gasteiger partial charge in [0.25, 0.3) is 0 Å². The second kappa shape index (κ2) is 5.43. The van der Waals surface area contributed by atoms with Crippen LogP contribution in [0.4, 0.5) is 0 Å². The van der Waals surface area contributed by atoms with Gasteiger partial charge in [0.1, 0.15) is 6.10 Å². The molecule has 1 aromatic rings. The van der Waals surface area contributed by atoms with Gasteiger partial charge in [-0.3, -0.25) is 0 Å². The summed E-state index contributed by atoms with van der Waals surface area (Å²) in [5.74, 6) is 0. The fourth-order valence-corrected chi connectivity index (χ4v) is 2.01. The Kier molecular flexibility index (Phi) is 3.93. The molecule has 1 fully saturated rings. The Morgan fingerprint density at radius 2 is 2.00 bits per heavy atom. The first-order valence-corrected chi connectivity index (χ1v) is 5.76. The highest BCUT2D eigenvalue weighted by Gasteiger charge is 2.26. The predicted molar refractivity (Wildman–Crippen MR) is 63.4 cm³/mol. The van der Waals surface area contributed by atoms with Crippen molar-refractivity contribution in [3.05, 3.63) is 35.9 Å². The van der Waals surface area contributed by atoms with Crippen LogP contribution in [0.3, 0.4) is 0 Å². The first-order valence-electron chi connectivity index (χ1n) is 5.76. The second-order valence-electron chi connectivity index (χ2n) is 4.18. The van der Waals surface area contributed by atoms with Crippen molar-refractivity contribution in [1.29, 1.82) is 0 Å². The average Bonchev–Trinajstić information content (AvgIpc) is 2.26. The highest BCUT2D eigenvalue weighted by atomic mass is 16.6. The van der Waals surface area contributed by atoms with Gasteiger partial charge in [-0.2, -0.15) is 0 Å². The van der Waals surface area contributed by atoms with E-state index in [1.165, 1.54) is 5.56 Å². The summed E-state index contributed by atoms with van der Waals surface area (Å²) in [5.41, 5.74) is 1.26. The largest absolute Gasteiger partial charge is 0.376 e. The van der Waals surface area contributed by atoms with Crippen LogP contribution in [0.1, 0.15) is 18.5 Å². The molecule has 2 atom stereocenters. The van der Waals surface area contributed by atoms with Gasteiger partial charge in [0, 0.05) is 0 Å². The van der Waals surface area contributed by atoms with Gasteiger partial charge in [-0.05, 0) is 19.5 Å². The smallest absolute Gasteiger partial charge is 0.105 e. The Hall–Kier alpha value is -0.900. The van der Waals surface area contributed by atoms with Crippen molar-refractivity contribution in [3.63, 3.8) is 0 Å². The lowest BCUT2D eigenvalue weighted by atomic mass is 10.0. The van der Waals surface area contributed by atoms with E-state index in [2.05, 4.69) is 36.5 Å². The second-order valence-corrected chi connectivity index (χ2v) is 4.18. The number of hydrogen-bond acceptors (Lipinski definition) is 3. The molecule has 0 bridgehead atoms. The van der Waals surface area contributed by atoms with Gasteiger partial charge in [-0.1, -0.05) is 30.3 Å². The van der Waals surface area contributed by atoms with Crippen molar-refractivity contribution < 1.29 is 9.47 Å². The van der Waals surface area contributed by atoms with Crippen molar-refractivity contribution in [2.75, 3.05) is 20.3 Å². The van der Waals surface area contributed by atoms with Crippen LogP contribution in [0, 0.1) is 0 Å². The monoisotopic (exact) mass is 221 g/mol. The van der Waals surface area contributed by atoms with Crippen LogP contribution in [0.15, 0.2) is 30.3 Å². The summed E-state index contributed by atoms with van der Waals surface area (Å²) in [6.45, 7) is 3.57. The number of ether oxygens (including phenoxy) is 2. The summed E-state index contributed by atoms with van der Waals surface area (Å²) >= 11 is 0. The molecule has 0 aliphatic carbocycles. The summed E-state index contributed by atoms with van der Waals surface area (Å²) < 4.78 is 11.0. The van der Waals surface area contributed by atoms with E-state index in [9.17, 15) is 0 Å². The van der Waals surface area contributed by atoms with Crippen molar-refractivity contribution in [1.82, 2.24) is 5.32 Å². The van der Waals surface area contributed by atoms with Crippen molar-refractivity contribution in [3.8, 4) is 0 Å². The molecule has 1 saturated heterocycles. The molecule has 0 aromatic heterocycles. The lowest BCUT2D eigenvalue weighted by molar-refractivity contribution is -0.156. The number of rotatable bonds is 5. The van der Waals surface area contributed by atoms with Gasteiger partial charge in [-0.15, -0.1) is 0 Å². The summed E-state index contributed by atoms with van der Waals surface area (Å²) in [4.78, 5) is 0. The molecule has 3 nitrogen and oxygen atoms in total. The SMILES string of the molecule is CNC(c1ccccc1)C(C)OC1COC1. The minimum Gasteiger partial charge on any atom is -0.376 e. The lowest BCUT2D eigenvalue weighted by Crippen LogP contribution is -2.41. The third kappa shape index (κ3) is 2.61. The maximum Gasteiger partial charge on any atom is 0.105 e. The molecule has 1 aliphatic rings. The number of hydrogen-bond donors (Lipinski definition) is 1. The zero-order valence-electron chi connectivity index (χ0n) is 9.85. The van der Waals surface area contributed by atoms with E-state index in [0.29, 0.717) is 0 Å². The standard InChI is InChI=1S/C13H19NO2/c1-10(16-12-8-15-9-12)13(14-2)11-6-4-3-5-7-11/h3-7,10,12-14H,8-9H2,1-2H3. The fraction of sp³-hybridized carbons (Fsp3) is 0.538. The average molecular weight is 221 g/mol. The fourth-order valence-electron chi connectivity index (χ4n) is 2.01. The molecule has 0 saturated carbocycles. The normalized spacial score (nSPS) is 20.1. The Morgan fingerprint density at radius 1 is 1.31 bits per heavy atom. The molecule has 1 N–H and O–H groups in total. The van der Waals surface area contributed by atoms with E-state index < -0.39 is 0 Å². The quantitative estimate of drug-likeness (QED) is 0.821. The van der Waals surface area contributed by atoms with Crippen LogP contribution in [0.25, 0.3) is 0 Å². The molecule has 0 radical (unpaired) electrons. The first kappa shape index (κ1) is 11.6. The third-order valence-corrected chi connectivity index (χ3v) is 2.95. The molecule has 1 aromatic carbocycles. The minimum atomic E-state index is 0.154. The van der Waals surface area contributed by atoms with Gasteiger partial charge >= 0.3 is 0 Å². The van der Waals surface area contributed by atoms with Crippen LogP contribution in [0.2, 0.25) is 0 Å². The number of likely N-dealkylation sites (N-methyl/N-ethyl adjacent to an activating group) is 1. The van der Waals surface area contributed by atoms with E-state index in [1.54, 1.807) is 0 Å². The summed E-state index contributed by atoms with van der Waals surface area (Å²) in [7, 11) is 1.97. The van der Waals surface area contributed by atoms with Crippen LogP contribution in [-0.2, 0) is 9.47 Å². The molecular weight excluding hydrogens is 202 g/mol. The van der Waals surface area contributed by atoms with E-state index in [0.717, 1.165) is 13.2 Å². The third-order valence-electron chi connectivity index (χ3n) is 2.95. The summed E-state index contributed by atoms with van der Waals surface area (Å²) in [6, 6.07) is 10.6. The maximum absolute atomic E-state index is 5.91. The predicted octanol–water partition coefficient (Wildman–Crippen LogP) is 1.75. The van der Waals surface area contributed by atoms with Gasteiger partial charge in [0.15, 0.2) is 0 Å². The van der Waals surface area contributed by atoms with Crippen LogP contribution in [0.5, 0.6) is 0 Å². The van der Waals surface area contributed by atoms with Crippen molar-refractivity contribution in [2.24, 2.45) is 0 Å². The molecule has 88 valence electrons. The van der Waals surface area contributed by atoms with Crippen LogP contribution in [-0.4, -0.2) is 32.5 Å². The van der Waals surface area contributed by atoms with E-state index in [-0.39, 0.29) is 18.2 Å². The topological polar surface area (TPSA) is 30.5 Å². The summed E-state index contributed by atoms with van der Waals surface area (Å²) in [6.07, 6.45) is 0.427. The highest BCUT2D eigenvalue weighted by molar-refractivity contribution is 5.19. The molecule has 16 heavy (non-hydrogen) atoms. The van der Waals surface area contributed by atoms with Gasteiger partial charge < -0.3 is 14.8 Å². The first-order chi connectivity index (χ1) is 7.81. The zero-order valence-corrected chi connectivity index (χ0v) is 9.85. The van der Waals surface area contributed by atoms with E-state index in [4.69, 9.17) is 9.47 Å². The minimum absolute atomic E-state index is 0.154. The molecule has 0 spiro atoms. The van der Waals surface area contributed by atoms with Crippen LogP contribution < -0.4 is 5.32 Å². The lowest BCUT2D eigenvalue weighted by Gasteiger charge is -2.32. The Morgan fingerprint density at radius 3 is 2.50 bits per heavy atom. The van der Waals surface area contributed by atoms with Gasteiger partial charge in [0.2, 0.25) is 0 Å². The molecule has 3 heteroatoms. The Balaban J connectivity index is 1.98. The summed E-state index contributed by atoms with van der Waals surface area (Å²) in [5, 5.41) is 3.31. The van der Waals surface area contributed by atoms with Gasteiger partial charge in [-0.25, -0.2) is 0 Å². The highest BCUT2D eigenvalue weighted by Crippen LogP contribution is 2.21. The molecule has 2 rings (SSSR count). The van der Waals surface area contributed by atoms with Crippen molar-refractivity contribution >= 4 is 0 Å². The van der Waals surface area contributed by atoms with E-state index in [1.807, 2.05) is 13.1 Å². The molecule has 1 aliphatic heterocycles. The maximum atomic E-state index is 5.91. The molecule has 1 heterocycles. The molecule has 2 unspecified atom stereocenters. The number of nitrogens with one attached hydrogen (secondary N) is 1. The zero-order chi connectivity index (χ0) is 11.4. The molecule has 0 amide bonds. The van der Waals surface area contributed by atoms with E-state index >= 15 is 0 Å². The Bertz CT molecular complexity index is 311.